The summed E-state index contributed by atoms with van der Waals surface area (Å²) in [7, 11) is 3.90. The van der Waals surface area contributed by atoms with E-state index in [0.717, 1.165) is 145 Å². The summed E-state index contributed by atoms with van der Waals surface area (Å²) in [4.78, 5) is 63.7. The molecule has 0 fully saturated rings. The van der Waals surface area contributed by atoms with Crippen LogP contribution in [0.5, 0.6) is 0 Å². The summed E-state index contributed by atoms with van der Waals surface area (Å²) in [6.07, 6.45) is 4.95. The number of amides is 3. The van der Waals surface area contributed by atoms with Gasteiger partial charge in [-0.3, -0.25) is 19.4 Å². The van der Waals surface area contributed by atoms with Crippen LogP contribution in [0.2, 0.25) is 25.1 Å². The quantitative estimate of drug-likeness (QED) is 0.0962. The molecule has 1 atom stereocenters. The zero-order valence-electron chi connectivity index (χ0n) is 54.9. The van der Waals surface area contributed by atoms with E-state index in [0.29, 0.717) is 46.0 Å². The van der Waals surface area contributed by atoms with E-state index in [9.17, 15) is 14.4 Å². The van der Waals surface area contributed by atoms with Crippen molar-refractivity contribution in [3.63, 3.8) is 0 Å². The number of para-hydroxylation sites is 1. The number of anilines is 1. The third-order valence-electron chi connectivity index (χ3n) is 16.7. The van der Waals surface area contributed by atoms with Crippen LogP contribution in [0.25, 0.3) is 61.0 Å². The standard InChI is InChI=1S/C21H23Cl2N3O.C21H21ClN2O.C20H20N2O.C16H14Cl2N2/c1-3-11-25(12-4-2)20(27)13-18-21(15-5-7-16(22)8-6-15)24-19-10-9-17(23)14-26(18)19;1-4-14(2)24(3)21(25)19-13-15-9-5-6-10-16(15)20(23-19)17-11-7-8-12-18(17)22;1-3-22(4-2)20(23)19-14-17(15-10-6-5-7-11-15)16-12-8-9-13-18(16)21-19;1-20-9-8-19-16(11-2-4-12(17)5-3-11)14-10-13(18)6-7-15(14)20/h5-10,14H,3-4,11-13H2,1-2H3;5-14H,4H2,1-3H3;5-14H,3-4H2,1-2H3;2-7,10H,8-9H2,1H3/p+1. The molecule has 0 saturated carbocycles. The van der Waals surface area contributed by atoms with Crippen LogP contribution < -0.4 is 9.30 Å². The minimum Gasteiger partial charge on any atom is -0.372 e. The second kappa shape index (κ2) is 33.7. The molecule has 3 amide bonds. The number of pyridine rings is 3. The SMILES string of the molecule is CCC(C)N(C)C(=O)c1cc2ccccc2c(-c2ccccc2Cl)n1.CCCN(CCC)C(=O)Cc1c(-c2ccc(Cl)cc2)[nH]c2ccc(Cl)c[n+]12.CCN(CC)C(=O)c1cc(-c2ccccc2)c2ccccc2n1.CN1CCN=C(c2ccc(Cl)cc2)c2cc(Cl)ccc21. The van der Waals surface area contributed by atoms with Gasteiger partial charge in [-0.2, -0.15) is 4.40 Å². The first-order chi connectivity index (χ1) is 45.9. The van der Waals surface area contributed by atoms with Gasteiger partial charge in [-0.15, -0.1) is 0 Å². The Hall–Kier alpha value is -8.62. The number of benzodiazepines with no additional fused rings is 1. The highest BCUT2D eigenvalue weighted by Crippen LogP contribution is 2.35. The summed E-state index contributed by atoms with van der Waals surface area (Å²) in [5.41, 5.74) is 13.5. The number of nitrogens with zero attached hydrogens (tertiary/aromatic N) is 8. The highest BCUT2D eigenvalue weighted by atomic mass is 35.5. The molecule has 5 heterocycles. The Bertz CT molecular complexity index is 4480. The van der Waals surface area contributed by atoms with Gasteiger partial charge < -0.3 is 19.6 Å². The molecule has 95 heavy (non-hydrogen) atoms. The average molecular weight is 1370 g/mol. The third kappa shape index (κ3) is 17.5. The molecule has 1 aliphatic rings. The predicted octanol–water partition coefficient (Wildman–Crippen LogP) is 19.0. The number of benzene rings is 7. The molecule has 12 nitrogen and oxygen atoms in total. The van der Waals surface area contributed by atoms with Crippen molar-refractivity contribution in [2.75, 3.05) is 58.3 Å². The summed E-state index contributed by atoms with van der Waals surface area (Å²) in [5.74, 6) is 0.0358. The molecule has 0 spiro atoms. The van der Waals surface area contributed by atoms with Gasteiger partial charge in [-0.1, -0.05) is 182 Å². The molecule has 0 radical (unpaired) electrons. The molecule has 1 unspecified atom stereocenters. The van der Waals surface area contributed by atoms with Crippen molar-refractivity contribution in [2.24, 2.45) is 4.99 Å². The maximum atomic E-state index is 13.0. The number of aromatic nitrogens is 4. The highest BCUT2D eigenvalue weighted by molar-refractivity contribution is 6.34. The van der Waals surface area contributed by atoms with Crippen LogP contribution in [0.3, 0.4) is 0 Å². The fourth-order valence-corrected chi connectivity index (χ4v) is 12.2. The minimum absolute atomic E-state index is 0.0158. The fourth-order valence-electron chi connectivity index (χ4n) is 11.3. The van der Waals surface area contributed by atoms with E-state index >= 15 is 0 Å². The van der Waals surface area contributed by atoms with Crippen LogP contribution in [0.15, 0.2) is 205 Å². The molecule has 0 aliphatic carbocycles. The molecule has 7 aromatic carbocycles. The molecule has 17 heteroatoms. The second-order valence-electron chi connectivity index (χ2n) is 23.1. The Balaban J connectivity index is 0.000000150. The van der Waals surface area contributed by atoms with Crippen molar-refractivity contribution in [3.05, 3.63) is 254 Å². The summed E-state index contributed by atoms with van der Waals surface area (Å²) in [6.45, 7) is 16.8. The van der Waals surface area contributed by atoms with E-state index < -0.39 is 0 Å². The lowest BCUT2D eigenvalue weighted by molar-refractivity contribution is -0.518. The first-order valence-electron chi connectivity index (χ1n) is 32.2. The van der Waals surface area contributed by atoms with Crippen molar-refractivity contribution in [1.82, 2.24) is 29.7 Å². The Morgan fingerprint density at radius 1 is 0.579 bits per heavy atom. The van der Waals surface area contributed by atoms with Gasteiger partial charge >= 0.3 is 0 Å². The highest BCUT2D eigenvalue weighted by Gasteiger charge is 2.27. The maximum absolute atomic E-state index is 13.0. The van der Waals surface area contributed by atoms with Crippen LogP contribution in [0.1, 0.15) is 98.6 Å². The number of likely N-dealkylation sites (N-methyl/N-ethyl adjacent to an activating group) is 1. The normalized spacial score (nSPS) is 12.0. The first-order valence-corrected chi connectivity index (χ1v) is 34.1. The lowest BCUT2D eigenvalue weighted by Gasteiger charge is -2.24. The molecular weight excluding hydrogens is 1290 g/mol. The number of nitrogens with one attached hydrogen (secondary N) is 1. The van der Waals surface area contributed by atoms with Gasteiger partial charge in [0, 0.05) is 118 Å². The molecule has 0 saturated heterocycles. The van der Waals surface area contributed by atoms with Gasteiger partial charge in [-0.05, 0) is 141 Å². The zero-order valence-corrected chi connectivity index (χ0v) is 58.7. The van der Waals surface area contributed by atoms with Crippen LogP contribution >= 0.6 is 58.0 Å². The minimum atomic E-state index is -0.0755. The Morgan fingerprint density at radius 3 is 1.84 bits per heavy atom. The topological polar surface area (TPSA) is 122 Å². The van der Waals surface area contributed by atoms with Gasteiger partial charge in [0.25, 0.3) is 17.5 Å². The average Bonchev–Trinajstić information content (AvgIpc) is 1.45. The Morgan fingerprint density at radius 2 is 1.18 bits per heavy atom. The number of carbonyl (C=O) groups excluding carboxylic acids is 3. The molecular formula is C78H79Cl5N9O3+. The molecule has 12 rings (SSSR count). The predicted molar refractivity (Wildman–Crippen MR) is 395 cm³/mol. The summed E-state index contributed by atoms with van der Waals surface area (Å²) in [6, 6.07) is 62.7. The largest absolute Gasteiger partial charge is 0.372 e. The summed E-state index contributed by atoms with van der Waals surface area (Å²) < 4.78 is 1.97. The summed E-state index contributed by atoms with van der Waals surface area (Å²) >= 11 is 30.8. The van der Waals surface area contributed by atoms with Gasteiger partial charge in [0.1, 0.15) is 17.6 Å². The molecule has 0 bridgehead atoms. The molecule has 488 valence electrons. The summed E-state index contributed by atoms with van der Waals surface area (Å²) in [5, 5.41) is 6.41. The smallest absolute Gasteiger partial charge is 0.284 e. The molecule has 1 aliphatic heterocycles. The number of aliphatic imine (C=N–C) groups is 1. The Labute approximate surface area is 582 Å². The third-order valence-corrected chi connectivity index (χ3v) is 18.0. The van der Waals surface area contributed by atoms with E-state index in [2.05, 4.69) is 67.0 Å². The van der Waals surface area contributed by atoms with E-state index in [1.807, 2.05) is 213 Å². The van der Waals surface area contributed by atoms with E-state index in [1.54, 1.807) is 9.80 Å². The number of H-pyrrole nitrogens is 1. The lowest BCUT2D eigenvalue weighted by Crippen LogP contribution is -2.36. The molecule has 1 N–H and O–H groups in total. The number of carbonyl (C=O) groups is 3. The second-order valence-corrected chi connectivity index (χ2v) is 25.2. The number of fused-ring (bicyclic) bond motifs is 4. The number of hydrogen-bond acceptors (Lipinski definition) is 7. The van der Waals surface area contributed by atoms with Crippen LogP contribution in [0.4, 0.5) is 5.69 Å². The first kappa shape index (κ1) is 70.7. The van der Waals surface area contributed by atoms with Crippen LogP contribution in [0, 0.1) is 0 Å². The number of aromatic amines is 1. The molecule has 4 aromatic heterocycles. The monoisotopic (exact) mass is 1360 g/mol. The number of rotatable bonds is 16. The Kier molecular flexibility index (Phi) is 25.1. The van der Waals surface area contributed by atoms with Crippen molar-refractivity contribution >= 4 is 114 Å². The van der Waals surface area contributed by atoms with Crippen LogP contribution in [-0.2, 0) is 11.2 Å². The number of imidazole rings is 1. The lowest BCUT2D eigenvalue weighted by atomic mass is 10.00. The maximum Gasteiger partial charge on any atom is 0.284 e. The number of hydrogen-bond donors (Lipinski definition) is 1. The van der Waals surface area contributed by atoms with Crippen LogP contribution in [-0.4, -0.2) is 112 Å². The van der Waals surface area contributed by atoms with E-state index in [-0.39, 0.29) is 23.8 Å². The van der Waals surface area contributed by atoms with Gasteiger partial charge in [-0.25, -0.2) is 15.0 Å². The van der Waals surface area contributed by atoms with E-state index in [4.69, 9.17) is 68.0 Å². The van der Waals surface area contributed by atoms with Crippen molar-refractivity contribution < 1.29 is 18.8 Å². The number of halogens is 5. The van der Waals surface area contributed by atoms with E-state index in [1.165, 1.54) is 0 Å². The van der Waals surface area contributed by atoms with Gasteiger partial charge in [0.05, 0.1) is 34.9 Å². The van der Waals surface area contributed by atoms with Gasteiger partial charge in [0.2, 0.25) is 5.91 Å². The van der Waals surface area contributed by atoms with Crippen molar-refractivity contribution in [2.45, 2.75) is 73.3 Å². The zero-order chi connectivity index (χ0) is 67.7. The fraction of sp³-hybridized carbons (Fsp3) is 0.244. The van der Waals surface area contributed by atoms with Gasteiger partial charge in [0.15, 0.2) is 11.4 Å². The molecule has 11 aromatic rings. The van der Waals surface area contributed by atoms with Crippen molar-refractivity contribution in [3.8, 4) is 33.6 Å². The van der Waals surface area contributed by atoms with Crippen molar-refractivity contribution in [1.29, 1.82) is 0 Å².